The number of likely N-dealkylation sites (N-methyl/N-ethyl adjacent to an activating group) is 1. The second-order valence-electron chi connectivity index (χ2n) is 18.0. The van der Waals surface area contributed by atoms with Gasteiger partial charge in [0.1, 0.15) is 35.7 Å². The van der Waals surface area contributed by atoms with Gasteiger partial charge in [-0.25, -0.2) is 0 Å². The highest BCUT2D eigenvalue weighted by Crippen LogP contribution is 2.40. The number of carbonyl (C=O) groups is 4. The molecule has 0 radical (unpaired) electrons. The molecule has 9 N–H and O–H groups in total. The molecule has 0 aromatic rings. The van der Waals surface area contributed by atoms with Crippen molar-refractivity contribution >= 4 is 23.7 Å². The smallest absolute Gasteiger partial charge is 0.321 e. The van der Waals surface area contributed by atoms with Crippen molar-refractivity contribution < 1.29 is 83.3 Å². The molecule has 3 heterocycles. The summed E-state index contributed by atoms with van der Waals surface area (Å²) in [6.45, 7) is 16.3. The first-order valence-corrected chi connectivity index (χ1v) is 20.7. The van der Waals surface area contributed by atoms with Crippen LogP contribution in [0.25, 0.3) is 0 Å². The minimum Gasteiger partial charge on any atom is -0.481 e. The lowest BCUT2D eigenvalue weighted by Crippen LogP contribution is -2.61. The topological polar surface area (TPSA) is 295 Å². The van der Waals surface area contributed by atoms with Gasteiger partial charge in [0, 0.05) is 37.3 Å². The van der Waals surface area contributed by atoms with E-state index in [4.69, 9.17) is 44.4 Å². The normalized spacial score (nSPS) is 44.2. The van der Waals surface area contributed by atoms with E-state index in [0.717, 1.165) is 0 Å². The van der Waals surface area contributed by atoms with Crippen LogP contribution in [-0.2, 0) is 47.6 Å². The Hall–Kier alpha value is -2.40. The number of aliphatic hydroxyl groups excluding tert-OH is 3. The van der Waals surface area contributed by atoms with E-state index in [9.17, 15) is 44.7 Å². The number of nitrogens with zero attached hydrogens (tertiary/aromatic N) is 1. The van der Waals surface area contributed by atoms with Crippen molar-refractivity contribution in [1.29, 1.82) is 0 Å². The molecule has 60 heavy (non-hydrogen) atoms. The first-order chi connectivity index (χ1) is 27.5. The summed E-state index contributed by atoms with van der Waals surface area (Å²) in [5, 5.41) is 73.6. The van der Waals surface area contributed by atoms with Crippen molar-refractivity contribution in [3.63, 3.8) is 0 Å². The van der Waals surface area contributed by atoms with Gasteiger partial charge >= 0.3 is 17.9 Å². The lowest BCUT2D eigenvalue weighted by atomic mass is 9.74. The molecular weight excluding hydrogens is 792 g/mol. The van der Waals surface area contributed by atoms with Gasteiger partial charge in [-0.2, -0.15) is 0 Å². The highest BCUT2D eigenvalue weighted by Gasteiger charge is 2.53. The van der Waals surface area contributed by atoms with E-state index in [1.807, 2.05) is 25.9 Å². The number of carboxylic acids is 2. The van der Waals surface area contributed by atoms with Crippen molar-refractivity contribution in [1.82, 2.24) is 4.90 Å². The summed E-state index contributed by atoms with van der Waals surface area (Å²) in [5.41, 5.74) is -0.00202. The molecule has 3 fully saturated rings. The zero-order chi connectivity index (χ0) is 46.4. The Morgan fingerprint density at radius 1 is 0.917 bits per heavy atom. The standard InChI is InChI=1S/C37H67NO13.C4H7NO4/c1-14-25-37(10,45)30(41)20(4)27(39)18(2)16-35(8,44)32(51-34-28(40)24(38(11)12)15-19(3)47-34)21(5)29(22(6)33(43)49-25)50-26-17-36(9,46-13)31(42)23(7)48-26;5-2(4(8)9)1-3(6)7/h18-26,28-32,34,40-42,44-45H,14-17H2,1-13H3;2H,1,5H2,(H,6,7)(H,8,9)/t18-,19-,20+,21+,22-,23+,24+,25-,26+,28-,29+,30-,31+,32-,34+,35-,36-,37-;/m1./s1. The predicted octanol–water partition coefficient (Wildman–Crippen LogP) is 0.659. The minimum atomic E-state index is -1.99. The molecule has 0 aliphatic carbocycles. The molecule has 0 spiro atoms. The van der Waals surface area contributed by atoms with E-state index >= 15 is 0 Å². The molecule has 0 saturated carbocycles. The third-order valence-electron chi connectivity index (χ3n) is 12.5. The molecule has 1 unspecified atom stereocenters. The number of nitrogens with two attached hydrogens (primary N) is 1. The lowest BCUT2D eigenvalue weighted by Gasteiger charge is -2.49. The van der Waals surface area contributed by atoms with Crippen LogP contribution in [0.3, 0.4) is 0 Å². The number of cyclic esters (lactones) is 1. The number of carbonyl (C=O) groups excluding carboxylic acids is 2. The average Bonchev–Trinajstić information content (AvgIpc) is 3.15. The molecule has 0 amide bonds. The fraction of sp³-hybridized carbons (Fsp3) is 0.902. The third kappa shape index (κ3) is 13.1. The number of rotatable bonds is 10. The van der Waals surface area contributed by atoms with E-state index < -0.39 is 132 Å². The number of aliphatic hydroxyl groups is 5. The van der Waals surface area contributed by atoms with E-state index in [2.05, 4.69) is 0 Å². The summed E-state index contributed by atoms with van der Waals surface area (Å²) >= 11 is 0. The van der Waals surface area contributed by atoms with Gasteiger partial charge in [-0.3, -0.25) is 19.2 Å². The summed E-state index contributed by atoms with van der Waals surface area (Å²) in [4.78, 5) is 49.4. The SMILES string of the molecule is CC[C@H]1OC(=O)[C@H](C)[C@@H](O[C@H]2C[C@@](C)(OC)[C@@H](O)[C@H](C)O2)[C@H](C)[C@@H](O[C@@H]2O[C@H](C)C[C@H](N(C)C)[C@H]2O)[C@](C)(O)C[C@@H](C)C(=O)[C@H](C)[C@@H](O)[C@]1(C)O.NC(CC(=O)O)C(=O)O. The maximum Gasteiger partial charge on any atom is 0.321 e. The summed E-state index contributed by atoms with van der Waals surface area (Å²) in [5.74, 6) is -7.47. The van der Waals surface area contributed by atoms with Crippen LogP contribution in [-0.4, -0.2) is 176 Å². The maximum absolute atomic E-state index is 14.1. The summed E-state index contributed by atoms with van der Waals surface area (Å²) in [6, 6.07) is -1.61. The van der Waals surface area contributed by atoms with E-state index in [1.54, 1.807) is 41.5 Å². The van der Waals surface area contributed by atoms with Gasteiger partial charge in [0.05, 0.1) is 54.1 Å². The summed E-state index contributed by atoms with van der Waals surface area (Å²) in [7, 11) is 5.18. The van der Waals surface area contributed by atoms with Gasteiger partial charge < -0.3 is 74.8 Å². The molecule has 3 saturated heterocycles. The number of methoxy groups -OCH3 is 1. The number of ketones is 1. The zero-order valence-corrected chi connectivity index (χ0v) is 37.5. The van der Waals surface area contributed by atoms with Gasteiger partial charge in [-0.05, 0) is 74.9 Å². The van der Waals surface area contributed by atoms with E-state index in [0.29, 0.717) is 6.42 Å². The Balaban J connectivity index is 0.00000123. The third-order valence-corrected chi connectivity index (χ3v) is 12.5. The molecule has 0 bridgehead atoms. The Kier molecular flexibility index (Phi) is 19.5. The van der Waals surface area contributed by atoms with E-state index in [1.165, 1.54) is 27.9 Å². The van der Waals surface area contributed by atoms with Gasteiger partial charge in [0.25, 0.3) is 0 Å². The minimum absolute atomic E-state index is 0.0936. The quantitative estimate of drug-likeness (QED) is 0.140. The van der Waals surface area contributed by atoms with E-state index in [-0.39, 0.29) is 31.4 Å². The van der Waals surface area contributed by atoms with Crippen LogP contribution in [0.15, 0.2) is 0 Å². The summed E-state index contributed by atoms with van der Waals surface area (Å²) < 4.78 is 37.1. The van der Waals surface area contributed by atoms with Crippen LogP contribution in [0.1, 0.15) is 101 Å². The number of hydrogen-bond acceptors (Lipinski definition) is 17. The number of Topliss-reactive ketones (excluding diaryl/α,β-unsaturated/α-hetero) is 1. The van der Waals surface area contributed by atoms with Gasteiger partial charge in [-0.15, -0.1) is 0 Å². The van der Waals surface area contributed by atoms with Crippen molar-refractivity contribution in [3.8, 4) is 0 Å². The molecule has 19 heteroatoms. The second-order valence-corrected chi connectivity index (χ2v) is 18.0. The molecule has 3 aliphatic heterocycles. The molecule has 19 nitrogen and oxygen atoms in total. The van der Waals surface area contributed by atoms with Crippen LogP contribution in [0.4, 0.5) is 0 Å². The highest BCUT2D eigenvalue weighted by atomic mass is 16.7. The fourth-order valence-corrected chi connectivity index (χ4v) is 8.69. The first-order valence-electron chi connectivity index (χ1n) is 20.7. The van der Waals surface area contributed by atoms with Crippen molar-refractivity contribution in [2.24, 2.45) is 29.4 Å². The average molecular weight is 867 g/mol. The first kappa shape index (κ1) is 53.7. The summed E-state index contributed by atoms with van der Waals surface area (Å²) in [6.07, 6.45) is -10.2. The lowest BCUT2D eigenvalue weighted by molar-refractivity contribution is -0.318. The van der Waals surface area contributed by atoms with Crippen LogP contribution < -0.4 is 5.73 Å². The monoisotopic (exact) mass is 866 g/mol. The number of esters is 1. The molecule has 350 valence electrons. The number of aliphatic carboxylic acids is 2. The van der Waals surface area contributed by atoms with Crippen LogP contribution in [0, 0.1) is 23.7 Å². The molecular formula is C41H74N2O17. The Labute approximate surface area is 353 Å². The molecule has 3 aliphatic rings. The fourth-order valence-electron chi connectivity index (χ4n) is 8.69. The maximum atomic E-state index is 14.1. The van der Waals surface area contributed by atoms with Crippen molar-refractivity contribution in [3.05, 3.63) is 0 Å². The Morgan fingerprint density at radius 2 is 1.50 bits per heavy atom. The zero-order valence-electron chi connectivity index (χ0n) is 37.5. The van der Waals surface area contributed by atoms with Crippen molar-refractivity contribution in [2.45, 2.75) is 192 Å². The van der Waals surface area contributed by atoms with Crippen LogP contribution in [0.2, 0.25) is 0 Å². The predicted molar refractivity (Wildman–Crippen MR) is 214 cm³/mol. The highest BCUT2D eigenvalue weighted by molar-refractivity contribution is 5.83. The van der Waals surface area contributed by atoms with Gasteiger partial charge in [0.15, 0.2) is 12.6 Å². The number of ether oxygens (including phenoxy) is 6. The number of hydrogen-bond donors (Lipinski definition) is 8. The molecule has 0 aromatic heterocycles. The molecule has 19 atom stereocenters. The Morgan fingerprint density at radius 3 is 1.98 bits per heavy atom. The van der Waals surface area contributed by atoms with Crippen LogP contribution in [0.5, 0.6) is 0 Å². The van der Waals surface area contributed by atoms with Gasteiger partial charge in [-0.1, -0.05) is 27.7 Å². The number of carboxylic acid groups (broad SMARTS) is 2. The Bertz CT molecular complexity index is 1430. The van der Waals surface area contributed by atoms with Crippen LogP contribution >= 0.6 is 0 Å². The molecule has 0 aromatic carbocycles. The largest absolute Gasteiger partial charge is 0.481 e. The second kappa shape index (κ2) is 21.8. The van der Waals surface area contributed by atoms with Gasteiger partial charge in [0.2, 0.25) is 0 Å². The molecule has 3 rings (SSSR count). The van der Waals surface area contributed by atoms with Crippen molar-refractivity contribution in [2.75, 3.05) is 21.2 Å².